The Hall–Kier alpha value is -3.50. The molecule has 0 saturated heterocycles. The zero-order valence-corrected chi connectivity index (χ0v) is 19.8. The van der Waals surface area contributed by atoms with Crippen LogP contribution in [0, 0.1) is 11.8 Å². The maximum absolute atomic E-state index is 11.3. The molecule has 0 radical (unpaired) electrons. The second-order valence-electron chi connectivity index (χ2n) is 9.13. The van der Waals surface area contributed by atoms with Gasteiger partial charge in [-0.25, -0.2) is 4.68 Å². The molecular formula is C23H31N7O4. The first-order chi connectivity index (χ1) is 16.4. The van der Waals surface area contributed by atoms with Gasteiger partial charge in [-0.1, -0.05) is 19.1 Å². The quantitative estimate of drug-likeness (QED) is 0.453. The van der Waals surface area contributed by atoms with Gasteiger partial charge >= 0.3 is 5.97 Å². The fraction of sp³-hybridized carbons (Fsp3) is 0.565. The molecule has 3 heterocycles. The van der Waals surface area contributed by atoms with E-state index < -0.39 is 5.97 Å². The maximum Gasteiger partial charge on any atom is 0.306 e. The third-order valence-electron chi connectivity index (χ3n) is 6.02. The lowest BCUT2D eigenvalue weighted by Gasteiger charge is -2.27. The van der Waals surface area contributed by atoms with E-state index in [0.717, 1.165) is 31.4 Å². The standard InChI is InChI=1S/C23H31N7O4/c1-14(2)7-10-20-26-23(28-34-20)25-13-19-21(27-29-30(19)3)18-9-8-17(12-24-18)33-16-6-4-5-15(11-16)22(31)32/h8-9,12,14-16H,4-7,10-11,13H2,1-3H3,(H,25,28)(H,31,32). The minimum Gasteiger partial charge on any atom is -0.489 e. The molecule has 0 aromatic carbocycles. The number of carboxylic acids is 1. The Bertz CT molecular complexity index is 1090. The van der Waals surface area contributed by atoms with Crippen LogP contribution in [0.5, 0.6) is 5.75 Å². The predicted molar refractivity (Wildman–Crippen MR) is 123 cm³/mol. The molecular weight excluding hydrogens is 438 g/mol. The lowest BCUT2D eigenvalue weighted by atomic mass is 9.87. The third kappa shape index (κ3) is 5.89. The molecule has 1 saturated carbocycles. The maximum atomic E-state index is 11.3. The largest absolute Gasteiger partial charge is 0.489 e. The van der Waals surface area contributed by atoms with Crippen LogP contribution in [0.15, 0.2) is 22.9 Å². The molecule has 1 aliphatic rings. The second kappa shape index (κ2) is 10.6. The first-order valence-electron chi connectivity index (χ1n) is 11.7. The van der Waals surface area contributed by atoms with E-state index >= 15 is 0 Å². The topological polar surface area (TPSA) is 141 Å². The molecule has 1 fully saturated rings. The van der Waals surface area contributed by atoms with Gasteiger partial charge in [-0.05, 0) is 55.3 Å². The minimum atomic E-state index is -0.752. The molecule has 0 aliphatic heterocycles. The summed E-state index contributed by atoms with van der Waals surface area (Å²) in [4.78, 5) is 20.2. The number of hydrogen-bond acceptors (Lipinski definition) is 9. The highest BCUT2D eigenvalue weighted by Gasteiger charge is 2.28. The fourth-order valence-corrected chi connectivity index (χ4v) is 4.04. The number of pyridine rings is 1. The number of carbonyl (C=O) groups is 1. The van der Waals surface area contributed by atoms with Crippen molar-refractivity contribution in [2.75, 3.05) is 5.32 Å². The molecule has 182 valence electrons. The van der Waals surface area contributed by atoms with Gasteiger partial charge < -0.3 is 19.7 Å². The first kappa shape index (κ1) is 23.7. The van der Waals surface area contributed by atoms with Crippen LogP contribution in [0.2, 0.25) is 0 Å². The average molecular weight is 470 g/mol. The van der Waals surface area contributed by atoms with Crippen LogP contribution in [-0.4, -0.2) is 47.3 Å². The molecule has 2 unspecified atom stereocenters. The van der Waals surface area contributed by atoms with Crippen molar-refractivity contribution >= 4 is 11.9 Å². The van der Waals surface area contributed by atoms with E-state index in [9.17, 15) is 9.90 Å². The number of ether oxygens (including phenoxy) is 1. The van der Waals surface area contributed by atoms with E-state index in [0.29, 0.717) is 54.3 Å². The zero-order valence-electron chi connectivity index (χ0n) is 19.8. The van der Waals surface area contributed by atoms with Crippen molar-refractivity contribution in [3.05, 3.63) is 29.9 Å². The van der Waals surface area contributed by atoms with Gasteiger partial charge in [0.1, 0.15) is 11.4 Å². The Morgan fingerprint density at radius 3 is 2.94 bits per heavy atom. The molecule has 0 bridgehead atoms. The summed E-state index contributed by atoms with van der Waals surface area (Å²) in [5, 5.41) is 24.8. The van der Waals surface area contributed by atoms with Crippen molar-refractivity contribution in [1.82, 2.24) is 30.1 Å². The van der Waals surface area contributed by atoms with Gasteiger partial charge in [-0.15, -0.1) is 5.10 Å². The van der Waals surface area contributed by atoms with Crippen LogP contribution in [-0.2, 0) is 24.8 Å². The van der Waals surface area contributed by atoms with Gasteiger partial charge in [0.25, 0.3) is 5.95 Å². The molecule has 0 spiro atoms. The summed E-state index contributed by atoms with van der Waals surface area (Å²) in [6.45, 7) is 4.72. The van der Waals surface area contributed by atoms with E-state index in [-0.39, 0.29) is 12.0 Å². The third-order valence-corrected chi connectivity index (χ3v) is 6.02. The Morgan fingerprint density at radius 2 is 2.21 bits per heavy atom. The number of nitrogens with one attached hydrogen (secondary N) is 1. The number of aromatic nitrogens is 6. The summed E-state index contributed by atoms with van der Waals surface area (Å²) in [5.41, 5.74) is 2.13. The zero-order chi connectivity index (χ0) is 24.1. The highest BCUT2D eigenvalue weighted by atomic mass is 16.5. The molecule has 0 amide bonds. The molecule has 1 aliphatic carbocycles. The molecule has 34 heavy (non-hydrogen) atoms. The van der Waals surface area contributed by atoms with Gasteiger partial charge in [0.15, 0.2) is 0 Å². The molecule has 2 atom stereocenters. The van der Waals surface area contributed by atoms with Gasteiger partial charge in [-0.2, -0.15) is 4.98 Å². The Balaban J connectivity index is 1.38. The van der Waals surface area contributed by atoms with Crippen LogP contribution in [0.1, 0.15) is 57.5 Å². The highest BCUT2D eigenvalue weighted by Crippen LogP contribution is 2.29. The number of aliphatic carboxylic acids is 1. The van der Waals surface area contributed by atoms with E-state index in [1.54, 1.807) is 10.9 Å². The Labute approximate surface area is 197 Å². The van der Waals surface area contributed by atoms with Crippen LogP contribution in [0.4, 0.5) is 5.95 Å². The lowest BCUT2D eigenvalue weighted by Crippen LogP contribution is -2.29. The highest BCUT2D eigenvalue weighted by molar-refractivity contribution is 5.70. The predicted octanol–water partition coefficient (Wildman–Crippen LogP) is 3.48. The van der Waals surface area contributed by atoms with Crippen molar-refractivity contribution in [2.24, 2.45) is 18.9 Å². The normalized spacial score (nSPS) is 18.2. The Morgan fingerprint density at radius 1 is 1.35 bits per heavy atom. The summed E-state index contributed by atoms with van der Waals surface area (Å²) in [5.74, 6) is 1.13. The van der Waals surface area contributed by atoms with Crippen molar-refractivity contribution in [3.8, 4) is 17.1 Å². The van der Waals surface area contributed by atoms with Crippen molar-refractivity contribution in [1.29, 1.82) is 0 Å². The number of nitrogens with zero attached hydrogens (tertiary/aromatic N) is 6. The van der Waals surface area contributed by atoms with E-state index in [1.165, 1.54) is 0 Å². The minimum absolute atomic E-state index is 0.112. The average Bonchev–Trinajstić information content (AvgIpc) is 3.43. The number of rotatable bonds is 10. The smallest absolute Gasteiger partial charge is 0.306 e. The van der Waals surface area contributed by atoms with Crippen LogP contribution in [0.25, 0.3) is 11.4 Å². The molecule has 3 aromatic heterocycles. The molecule has 2 N–H and O–H groups in total. The Kier molecular flexibility index (Phi) is 7.39. The number of carboxylic acid groups (broad SMARTS) is 1. The van der Waals surface area contributed by atoms with Gasteiger partial charge in [0, 0.05) is 13.5 Å². The second-order valence-corrected chi connectivity index (χ2v) is 9.13. The number of hydrogen-bond donors (Lipinski definition) is 2. The van der Waals surface area contributed by atoms with Crippen molar-refractivity contribution < 1.29 is 19.2 Å². The summed E-state index contributed by atoms with van der Waals surface area (Å²) in [6, 6.07) is 3.66. The first-order valence-corrected chi connectivity index (χ1v) is 11.7. The summed E-state index contributed by atoms with van der Waals surface area (Å²) in [7, 11) is 1.82. The number of aryl methyl sites for hydroxylation is 2. The van der Waals surface area contributed by atoms with Gasteiger partial charge in [-0.3, -0.25) is 9.78 Å². The molecule has 4 rings (SSSR count). The van der Waals surface area contributed by atoms with E-state index in [4.69, 9.17) is 9.26 Å². The van der Waals surface area contributed by atoms with Crippen molar-refractivity contribution in [2.45, 2.75) is 65.0 Å². The van der Waals surface area contributed by atoms with E-state index in [2.05, 4.69) is 44.6 Å². The van der Waals surface area contributed by atoms with Crippen molar-refractivity contribution in [3.63, 3.8) is 0 Å². The van der Waals surface area contributed by atoms with Crippen LogP contribution < -0.4 is 10.1 Å². The lowest BCUT2D eigenvalue weighted by molar-refractivity contribution is -0.143. The monoisotopic (exact) mass is 469 g/mol. The summed E-state index contributed by atoms with van der Waals surface area (Å²) >= 11 is 0. The molecule has 3 aromatic rings. The molecule has 11 nitrogen and oxygen atoms in total. The molecule has 11 heteroatoms. The summed E-state index contributed by atoms with van der Waals surface area (Å²) in [6.07, 6.45) is 6.20. The van der Waals surface area contributed by atoms with Crippen LogP contribution in [0.3, 0.4) is 0 Å². The fourth-order valence-electron chi connectivity index (χ4n) is 4.04. The number of anilines is 1. The summed E-state index contributed by atoms with van der Waals surface area (Å²) < 4.78 is 13.0. The van der Waals surface area contributed by atoms with Gasteiger partial charge in [0.05, 0.1) is 36.2 Å². The SMILES string of the molecule is CC(C)CCc1nc(NCc2c(-c3ccc(OC4CCCC(C(=O)O)C4)cn3)nnn2C)no1. The van der Waals surface area contributed by atoms with E-state index in [1.807, 2.05) is 19.2 Å². The van der Waals surface area contributed by atoms with Crippen LogP contribution >= 0.6 is 0 Å². The van der Waals surface area contributed by atoms with Gasteiger partial charge in [0.2, 0.25) is 5.89 Å².